The standard InChI is InChI=1S/C11H22N2O/c1-8(14)9-2-4-13(5-3-9)11-6-10(12)7-11/h8-11,14H,2-7,12H2,1H3. The van der Waals surface area contributed by atoms with Crippen LogP contribution in [-0.4, -0.2) is 41.3 Å². The van der Waals surface area contributed by atoms with E-state index in [0.717, 1.165) is 32.0 Å². The van der Waals surface area contributed by atoms with Gasteiger partial charge in [-0.15, -0.1) is 0 Å². The van der Waals surface area contributed by atoms with Crippen LogP contribution in [0.3, 0.4) is 0 Å². The lowest BCUT2D eigenvalue weighted by molar-refractivity contribution is 0.0317. The van der Waals surface area contributed by atoms with Crippen LogP contribution in [0, 0.1) is 5.92 Å². The molecule has 0 aromatic rings. The molecular weight excluding hydrogens is 176 g/mol. The van der Waals surface area contributed by atoms with E-state index < -0.39 is 0 Å². The SMILES string of the molecule is CC(O)C1CCN(C2CC(N)C2)CC1. The van der Waals surface area contributed by atoms with Gasteiger partial charge in [-0.1, -0.05) is 0 Å². The highest BCUT2D eigenvalue weighted by atomic mass is 16.3. The molecule has 3 heteroatoms. The van der Waals surface area contributed by atoms with Gasteiger partial charge < -0.3 is 15.7 Å². The van der Waals surface area contributed by atoms with Crippen molar-refractivity contribution < 1.29 is 5.11 Å². The Kier molecular flexibility index (Phi) is 3.10. The van der Waals surface area contributed by atoms with Crippen LogP contribution in [0.4, 0.5) is 0 Å². The first-order valence-corrected chi connectivity index (χ1v) is 5.84. The monoisotopic (exact) mass is 198 g/mol. The number of aliphatic hydroxyl groups excluding tert-OH is 1. The van der Waals surface area contributed by atoms with Crippen LogP contribution in [-0.2, 0) is 0 Å². The Bertz CT molecular complexity index is 182. The van der Waals surface area contributed by atoms with Gasteiger partial charge in [0.05, 0.1) is 6.10 Å². The molecule has 3 N–H and O–H groups in total. The molecule has 0 aromatic carbocycles. The summed E-state index contributed by atoms with van der Waals surface area (Å²) in [6, 6.07) is 1.20. The molecule has 0 amide bonds. The predicted octanol–water partition coefficient (Wildman–Crippen LogP) is 0.569. The highest BCUT2D eigenvalue weighted by Gasteiger charge is 2.33. The van der Waals surface area contributed by atoms with E-state index in [1.54, 1.807) is 0 Å². The maximum absolute atomic E-state index is 9.48. The number of rotatable bonds is 2. The summed E-state index contributed by atoms with van der Waals surface area (Å²) in [5.41, 5.74) is 5.78. The van der Waals surface area contributed by atoms with E-state index in [1.807, 2.05) is 6.92 Å². The predicted molar refractivity (Wildman–Crippen MR) is 57.0 cm³/mol. The average molecular weight is 198 g/mol. The Balaban J connectivity index is 1.73. The summed E-state index contributed by atoms with van der Waals surface area (Å²) >= 11 is 0. The smallest absolute Gasteiger partial charge is 0.0541 e. The molecular formula is C11H22N2O. The minimum atomic E-state index is -0.124. The molecule has 82 valence electrons. The summed E-state index contributed by atoms with van der Waals surface area (Å²) in [7, 11) is 0. The van der Waals surface area contributed by atoms with Gasteiger partial charge in [0.15, 0.2) is 0 Å². The molecule has 3 nitrogen and oxygen atoms in total. The van der Waals surface area contributed by atoms with Crippen molar-refractivity contribution in [2.75, 3.05) is 13.1 Å². The van der Waals surface area contributed by atoms with Gasteiger partial charge >= 0.3 is 0 Å². The summed E-state index contributed by atoms with van der Waals surface area (Å²) in [5, 5.41) is 9.48. The van der Waals surface area contributed by atoms with Crippen molar-refractivity contribution >= 4 is 0 Å². The van der Waals surface area contributed by atoms with Crippen molar-refractivity contribution in [3.63, 3.8) is 0 Å². The number of aliphatic hydroxyl groups is 1. The molecule has 1 heterocycles. The number of likely N-dealkylation sites (tertiary alicyclic amines) is 1. The van der Waals surface area contributed by atoms with Gasteiger partial charge in [0.2, 0.25) is 0 Å². The Hall–Kier alpha value is -0.120. The lowest BCUT2D eigenvalue weighted by atomic mass is 9.83. The first-order valence-electron chi connectivity index (χ1n) is 5.84. The van der Waals surface area contributed by atoms with E-state index in [9.17, 15) is 5.11 Å². The highest BCUT2D eigenvalue weighted by Crippen LogP contribution is 2.29. The number of hydrogen-bond acceptors (Lipinski definition) is 3. The van der Waals surface area contributed by atoms with Crippen LogP contribution < -0.4 is 5.73 Å². The van der Waals surface area contributed by atoms with Gasteiger partial charge in [-0.05, 0) is 51.6 Å². The number of piperidine rings is 1. The van der Waals surface area contributed by atoms with E-state index in [4.69, 9.17) is 5.73 Å². The molecule has 0 bridgehead atoms. The van der Waals surface area contributed by atoms with Crippen molar-refractivity contribution in [2.45, 2.75) is 50.8 Å². The summed E-state index contributed by atoms with van der Waals surface area (Å²) in [5.74, 6) is 0.528. The Morgan fingerprint density at radius 1 is 1.29 bits per heavy atom. The summed E-state index contributed by atoms with van der Waals surface area (Å²) in [4.78, 5) is 2.56. The van der Waals surface area contributed by atoms with Crippen molar-refractivity contribution in [1.82, 2.24) is 4.90 Å². The minimum absolute atomic E-state index is 0.124. The maximum Gasteiger partial charge on any atom is 0.0541 e. The molecule has 2 aliphatic rings. The molecule has 2 rings (SSSR count). The molecule has 1 saturated carbocycles. The molecule has 1 unspecified atom stereocenters. The quantitative estimate of drug-likeness (QED) is 0.682. The highest BCUT2D eigenvalue weighted by molar-refractivity contribution is 4.91. The van der Waals surface area contributed by atoms with E-state index >= 15 is 0 Å². The molecule has 14 heavy (non-hydrogen) atoms. The molecule has 0 radical (unpaired) electrons. The second-order valence-corrected chi connectivity index (χ2v) is 5.00. The Labute approximate surface area is 86.3 Å². The largest absolute Gasteiger partial charge is 0.393 e. The van der Waals surface area contributed by atoms with Crippen molar-refractivity contribution in [3.8, 4) is 0 Å². The molecule has 0 aromatic heterocycles. The van der Waals surface area contributed by atoms with Crippen LogP contribution in [0.25, 0.3) is 0 Å². The first-order chi connectivity index (χ1) is 6.66. The molecule has 1 aliphatic heterocycles. The minimum Gasteiger partial charge on any atom is -0.393 e. The molecule has 1 aliphatic carbocycles. The molecule has 1 atom stereocenters. The molecule has 0 spiro atoms. The summed E-state index contributed by atoms with van der Waals surface area (Å²) in [6.45, 7) is 4.24. The van der Waals surface area contributed by atoms with Crippen molar-refractivity contribution in [2.24, 2.45) is 11.7 Å². The lowest BCUT2D eigenvalue weighted by Crippen LogP contribution is -2.53. The average Bonchev–Trinajstić information content (AvgIpc) is 2.13. The number of nitrogens with zero attached hydrogens (tertiary/aromatic N) is 1. The summed E-state index contributed by atoms with van der Waals surface area (Å²) in [6.07, 6.45) is 4.55. The zero-order chi connectivity index (χ0) is 10.1. The van der Waals surface area contributed by atoms with Crippen molar-refractivity contribution in [3.05, 3.63) is 0 Å². The summed E-state index contributed by atoms with van der Waals surface area (Å²) < 4.78 is 0. The van der Waals surface area contributed by atoms with Gasteiger partial charge in [0.1, 0.15) is 0 Å². The van der Waals surface area contributed by atoms with Gasteiger partial charge in [-0.25, -0.2) is 0 Å². The third-order valence-corrected chi connectivity index (χ3v) is 3.92. The third kappa shape index (κ3) is 2.10. The normalized spacial score (nSPS) is 37.9. The molecule has 1 saturated heterocycles. The fraction of sp³-hybridized carbons (Fsp3) is 1.00. The van der Waals surface area contributed by atoms with Crippen LogP contribution in [0.1, 0.15) is 32.6 Å². The zero-order valence-corrected chi connectivity index (χ0v) is 9.02. The van der Waals surface area contributed by atoms with E-state index in [0.29, 0.717) is 12.0 Å². The number of hydrogen-bond donors (Lipinski definition) is 2. The lowest BCUT2D eigenvalue weighted by Gasteiger charge is -2.45. The van der Waals surface area contributed by atoms with Crippen molar-refractivity contribution in [1.29, 1.82) is 0 Å². The van der Waals surface area contributed by atoms with Crippen LogP contribution in [0.15, 0.2) is 0 Å². The van der Waals surface area contributed by atoms with E-state index in [1.165, 1.54) is 12.8 Å². The third-order valence-electron chi connectivity index (χ3n) is 3.92. The Morgan fingerprint density at radius 2 is 1.86 bits per heavy atom. The van der Waals surface area contributed by atoms with Crippen LogP contribution in [0.5, 0.6) is 0 Å². The van der Waals surface area contributed by atoms with Gasteiger partial charge in [0, 0.05) is 12.1 Å². The molecule has 2 fully saturated rings. The van der Waals surface area contributed by atoms with E-state index in [-0.39, 0.29) is 6.10 Å². The fourth-order valence-electron chi connectivity index (χ4n) is 2.70. The van der Waals surface area contributed by atoms with Gasteiger partial charge in [0.25, 0.3) is 0 Å². The van der Waals surface area contributed by atoms with Gasteiger partial charge in [-0.3, -0.25) is 0 Å². The maximum atomic E-state index is 9.48. The fourth-order valence-corrected chi connectivity index (χ4v) is 2.70. The zero-order valence-electron chi connectivity index (χ0n) is 9.02. The second kappa shape index (κ2) is 4.17. The van der Waals surface area contributed by atoms with Gasteiger partial charge in [-0.2, -0.15) is 0 Å². The van der Waals surface area contributed by atoms with E-state index in [2.05, 4.69) is 4.90 Å². The Morgan fingerprint density at radius 3 is 2.29 bits per heavy atom. The van der Waals surface area contributed by atoms with Crippen LogP contribution >= 0.6 is 0 Å². The van der Waals surface area contributed by atoms with Crippen LogP contribution in [0.2, 0.25) is 0 Å². The second-order valence-electron chi connectivity index (χ2n) is 5.00. The number of nitrogens with two attached hydrogens (primary N) is 1. The first kappa shape index (κ1) is 10.4. The topological polar surface area (TPSA) is 49.5 Å².